The van der Waals surface area contributed by atoms with Crippen LogP contribution in [-0.4, -0.2) is 54.8 Å². The van der Waals surface area contributed by atoms with Crippen LogP contribution in [0, 0.1) is 0 Å². The summed E-state index contributed by atoms with van der Waals surface area (Å²) in [6.45, 7) is 5.51. The van der Waals surface area contributed by atoms with Crippen LogP contribution in [0.3, 0.4) is 0 Å². The van der Waals surface area contributed by atoms with E-state index in [-0.39, 0.29) is 11.1 Å². The van der Waals surface area contributed by atoms with E-state index in [0.29, 0.717) is 21.5 Å². The zero-order valence-corrected chi connectivity index (χ0v) is 22.2. The fourth-order valence-corrected chi connectivity index (χ4v) is 6.62. The van der Waals surface area contributed by atoms with E-state index in [4.69, 9.17) is 0 Å². The molecule has 1 aromatic carbocycles. The van der Waals surface area contributed by atoms with Crippen LogP contribution in [0.15, 0.2) is 62.8 Å². The Hall–Kier alpha value is -3.01. The molecule has 184 valence electrons. The van der Waals surface area contributed by atoms with Gasteiger partial charge in [-0.15, -0.1) is 11.3 Å². The topological polar surface area (TPSA) is 78.1 Å². The highest BCUT2D eigenvalue weighted by Gasteiger charge is 2.46. The number of hydrogen-bond donors (Lipinski definition) is 1. The number of carboxylic acids is 1. The lowest BCUT2D eigenvalue weighted by Crippen LogP contribution is -2.52. The normalized spacial score (nSPS) is 18.1. The Morgan fingerprint density at radius 1 is 1.17 bits per heavy atom. The van der Waals surface area contributed by atoms with E-state index in [1.807, 2.05) is 54.8 Å². The zero-order valence-electron chi connectivity index (χ0n) is 20.6. The lowest BCUT2D eigenvalue weighted by atomic mass is 9.83. The second-order valence-electron chi connectivity index (χ2n) is 8.92. The maximum atomic E-state index is 13.7. The molecule has 9 heteroatoms. The number of carbonyl (C=O) groups is 1. The van der Waals surface area contributed by atoms with E-state index in [0.717, 1.165) is 29.2 Å². The van der Waals surface area contributed by atoms with Crippen molar-refractivity contribution in [2.75, 3.05) is 39.1 Å². The Balaban J connectivity index is 1.81. The average molecular weight is 511 g/mol. The molecular weight excluding hydrogens is 480 g/mol. The number of thiazole rings is 1. The van der Waals surface area contributed by atoms with Gasteiger partial charge in [-0.05, 0) is 62.7 Å². The first-order valence-corrected chi connectivity index (χ1v) is 13.2. The molecule has 0 saturated carbocycles. The van der Waals surface area contributed by atoms with Crippen molar-refractivity contribution in [1.29, 1.82) is 0 Å². The lowest BCUT2D eigenvalue weighted by molar-refractivity contribution is -0.133. The van der Waals surface area contributed by atoms with Gasteiger partial charge in [0.2, 0.25) is 0 Å². The summed E-state index contributed by atoms with van der Waals surface area (Å²) in [5.74, 6) is -1.05. The second-order valence-corrected chi connectivity index (χ2v) is 10.9. The van der Waals surface area contributed by atoms with Crippen LogP contribution < -0.4 is 19.8 Å². The average Bonchev–Trinajstić information content (AvgIpc) is 3.46. The van der Waals surface area contributed by atoms with Gasteiger partial charge in [0.05, 0.1) is 15.8 Å². The van der Waals surface area contributed by atoms with Crippen molar-refractivity contribution in [2.45, 2.75) is 25.8 Å². The third-order valence-electron chi connectivity index (χ3n) is 6.40. The van der Waals surface area contributed by atoms with Crippen molar-refractivity contribution >= 4 is 40.4 Å². The molecule has 3 aromatic rings. The molecule has 4 rings (SSSR count). The molecule has 1 unspecified atom stereocenters. The van der Waals surface area contributed by atoms with Gasteiger partial charge in [-0.3, -0.25) is 9.36 Å². The smallest absolute Gasteiger partial charge is 0.336 e. The van der Waals surface area contributed by atoms with Crippen molar-refractivity contribution < 1.29 is 9.90 Å². The highest BCUT2D eigenvalue weighted by molar-refractivity contribution is 7.10. The number of aromatic nitrogens is 1. The molecule has 3 heterocycles. The van der Waals surface area contributed by atoms with Crippen LogP contribution in [0.2, 0.25) is 0 Å². The number of fused-ring (bicyclic) bond motifs is 1. The summed E-state index contributed by atoms with van der Waals surface area (Å²) in [5.41, 5.74) is 1.31. The molecule has 1 N–H and O–H groups in total. The Morgan fingerprint density at radius 3 is 2.46 bits per heavy atom. The molecule has 0 spiro atoms. The van der Waals surface area contributed by atoms with E-state index in [9.17, 15) is 14.7 Å². The molecule has 7 nitrogen and oxygen atoms in total. The van der Waals surface area contributed by atoms with E-state index >= 15 is 0 Å². The Kier molecular flexibility index (Phi) is 7.12. The van der Waals surface area contributed by atoms with Gasteiger partial charge in [0.1, 0.15) is 5.54 Å². The number of nitrogens with zero attached hydrogens (tertiary/aromatic N) is 4. The van der Waals surface area contributed by atoms with Crippen LogP contribution in [-0.2, 0) is 10.3 Å². The van der Waals surface area contributed by atoms with Crippen LogP contribution in [0.25, 0.3) is 6.08 Å². The van der Waals surface area contributed by atoms with Gasteiger partial charge >= 0.3 is 5.97 Å². The van der Waals surface area contributed by atoms with Crippen LogP contribution >= 0.6 is 22.7 Å². The van der Waals surface area contributed by atoms with E-state index in [2.05, 4.69) is 35.9 Å². The molecule has 0 radical (unpaired) electrons. The Labute approximate surface area is 212 Å². The molecule has 0 fully saturated rings. The number of allylic oxidation sites excluding steroid dienone is 1. The van der Waals surface area contributed by atoms with Crippen molar-refractivity contribution in [3.05, 3.63) is 83.2 Å². The summed E-state index contributed by atoms with van der Waals surface area (Å²) in [5, 5.41) is 12.0. The fraction of sp³-hybridized carbons (Fsp3) is 0.346. The molecule has 1 aliphatic rings. The fourth-order valence-electron chi connectivity index (χ4n) is 4.54. The van der Waals surface area contributed by atoms with E-state index in [1.165, 1.54) is 22.7 Å². The van der Waals surface area contributed by atoms with Gasteiger partial charge in [0, 0.05) is 30.7 Å². The van der Waals surface area contributed by atoms with E-state index < -0.39 is 11.5 Å². The maximum Gasteiger partial charge on any atom is 0.336 e. The number of likely N-dealkylation sites (N-methyl/N-ethyl adjacent to an activating group) is 2. The minimum Gasteiger partial charge on any atom is -0.478 e. The first-order valence-electron chi connectivity index (χ1n) is 11.5. The highest BCUT2D eigenvalue weighted by Crippen LogP contribution is 2.41. The first-order chi connectivity index (χ1) is 16.7. The minimum absolute atomic E-state index is 0.159. The molecule has 0 aliphatic carbocycles. The van der Waals surface area contributed by atoms with Crippen molar-refractivity contribution in [3.63, 3.8) is 0 Å². The summed E-state index contributed by atoms with van der Waals surface area (Å²) >= 11 is 2.76. The van der Waals surface area contributed by atoms with Crippen LogP contribution in [0.4, 0.5) is 5.69 Å². The largest absolute Gasteiger partial charge is 0.478 e. The predicted octanol–water partition coefficient (Wildman–Crippen LogP) is 2.94. The Bertz CT molecular complexity index is 1430. The van der Waals surface area contributed by atoms with Gasteiger partial charge in [0.15, 0.2) is 4.80 Å². The number of benzene rings is 1. The highest BCUT2D eigenvalue weighted by atomic mass is 32.1. The minimum atomic E-state index is -1.08. The van der Waals surface area contributed by atoms with Gasteiger partial charge < -0.3 is 14.9 Å². The Morgan fingerprint density at radius 2 is 1.89 bits per heavy atom. The molecule has 2 aromatic heterocycles. The predicted molar refractivity (Wildman–Crippen MR) is 143 cm³/mol. The molecule has 0 amide bonds. The second kappa shape index (κ2) is 9.93. The number of carboxylic acid groups (broad SMARTS) is 1. The number of hydrogen-bond acceptors (Lipinski definition) is 7. The van der Waals surface area contributed by atoms with Gasteiger partial charge in [-0.25, -0.2) is 9.79 Å². The summed E-state index contributed by atoms with van der Waals surface area (Å²) in [4.78, 5) is 36.4. The number of anilines is 1. The maximum absolute atomic E-state index is 13.7. The monoisotopic (exact) mass is 510 g/mol. The van der Waals surface area contributed by atoms with Crippen LogP contribution in [0.5, 0.6) is 0 Å². The summed E-state index contributed by atoms with van der Waals surface area (Å²) in [6, 6.07) is 11.9. The molecule has 1 atom stereocenters. The molecule has 0 saturated heterocycles. The van der Waals surface area contributed by atoms with Gasteiger partial charge in [-0.2, -0.15) is 0 Å². The molecule has 35 heavy (non-hydrogen) atoms. The molecule has 1 aliphatic heterocycles. The number of rotatable bonds is 8. The zero-order chi connectivity index (χ0) is 25.3. The summed E-state index contributed by atoms with van der Waals surface area (Å²) in [7, 11) is 6.17. The lowest BCUT2D eigenvalue weighted by Gasteiger charge is -2.36. The standard InChI is InChI=1S/C26H30N4O3S2/c1-6-26(21-8-7-15-34-21)22(24(32)33)17(2)27-25-30(26)23(31)20(35-25)16-18-9-11-19(12-10-18)29(5)14-13-28(3)4/h7-12,15-16H,6,13-14H2,1-5H3,(H,32,33)/b20-16-. The number of aliphatic carboxylic acids is 1. The van der Waals surface area contributed by atoms with Crippen molar-refractivity contribution in [3.8, 4) is 0 Å². The molecular formula is C26H30N4O3S2. The molecule has 0 bridgehead atoms. The summed E-state index contributed by atoms with van der Waals surface area (Å²) < 4.78 is 2.13. The third kappa shape index (κ3) is 4.51. The van der Waals surface area contributed by atoms with Crippen molar-refractivity contribution in [1.82, 2.24) is 9.47 Å². The van der Waals surface area contributed by atoms with Crippen molar-refractivity contribution in [2.24, 2.45) is 4.99 Å². The quantitative estimate of drug-likeness (QED) is 0.504. The summed E-state index contributed by atoms with van der Waals surface area (Å²) in [6.07, 6.45) is 2.29. The first kappa shape index (κ1) is 25.1. The van der Waals surface area contributed by atoms with Gasteiger partial charge in [-0.1, -0.05) is 36.5 Å². The van der Waals surface area contributed by atoms with Gasteiger partial charge in [0.25, 0.3) is 5.56 Å². The number of thiophene rings is 1. The van der Waals surface area contributed by atoms with Crippen LogP contribution in [0.1, 0.15) is 30.7 Å². The van der Waals surface area contributed by atoms with E-state index in [1.54, 1.807) is 11.5 Å². The third-order valence-corrected chi connectivity index (χ3v) is 8.39. The SMILES string of the molecule is CCC1(c2cccs2)C(C(=O)O)=C(C)N=c2s/c(=C\c3ccc(N(C)CCN(C)C)cc3)c(=O)n21.